The topological polar surface area (TPSA) is 74.5 Å². The highest BCUT2D eigenvalue weighted by molar-refractivity contribution is 5.75. The number of likely N-dealkylation sites (tertiary alicyclic amines) is 1. The number of anilines is 1. The number of piperidine rings is 1. The van der Waals surface area contributed by atoms with Crippen LogP contribution in [0.1, 0.15) is 41.7 Å². The standard InChI is InChI=1S/C25H28FN5O2/c1-17-27-24(33-29-17)16-22(18-5-3-2-4-6-18)28-25(32)30-12-10-21(11-13-30)31-14-9-19-15-20(26)7-8-23(19)31/h2-8,15,21-22H,9-14,16H2,1H3,(H,28,32). The molecule has 2 aromatic carbocycles. The summed E-state index contributed by atoms with van der Waals surface area (Å²) in [6.45, 7) is 4.06. The van der Waals surface area contributed by atoms with Gasteiger partial charge in [0, 0.05) is 31.4 Å². The van der Waals surface area contributed by atoms with Crippen LogP contribution < -0.4 is 10.2 Å². The van der Waals surface area contributed by atoms with Gasteiger partial charge in [0.2, 0.25) is 5.89 Å². The summed E-state index contributed by atoms with van der Waals surface area (Å²) in [5.41, 5.74) is 3.22. The Hall–Kier alpha value is -3.42. The molecule has 1 saturated heterocycles. The Bertz CT molecular complexity index is 1110. The molecule has 172 valence electrons. The van der Waals surface area contributed by atoms with E-state index in [1.165, 1.54) is 6.07 Å². The van der Waals surface area contributed by atoms with Crippen LogP contribution >= 0.6 is 0 Å². The number of hydrogen-bond acceptors (Lipinski definition) is 5. The molecule has 1 atom stereocenters. The lowest BCUT2D eigenvalue weighted by atomic mass is 10.0. The lowest BCUT2D eigenvalue weighted by molar-refractivity contribution is 0.176. The fourth-order valence-electron chi connectivity index (χ4n) is 4.93. The number of halogens is 1. The third kappa shape index (κ3) is 4.69. The van der Waals surface area contributed by atoms with Crippen LogP contribution in [-0.2, 0) is 12.8 Å². The number of aromatic nitrogens is 2. The number of nitrogens with zero attached hydrogens (tertiary/aromatic N) is 4. The van der Waals surface area contributed by atoms with Crippen LogP contribution in [0.5, 0.6) is 0 Å². The summed E-state index contributed by atoms with van der Waals surface area (Å²) in [7, 11) is 0. The number of hydrogen-bond donors (Lipinski definition) is 1. The maximum Gasteiger partial charge on any atom is 0.317 e. The summed E-state index contributed by atoms with van der Waals surface area (Å²) in [4.78, 5) is 21.7. The second kappa shape index (κ2) is 9.21. The predicted molar refractivity (Wildman–Crippen MR) is 122 cm³/mol. The van der Waals surface area contributed by atoms with Crippen molar-refractivity contribution in [3.8, 4) is 0 Å². The largest absolute Gasteiger partial charge is 0.368 e. The van der Waals surface area contributed by atoms with Gasteiger partial charge in [-0.25, -0.2) is 9.18 Å². The fourth-order valence-corrected chi connectivity index (χ4v) is 4.93. The van der Waals surface area contributed by atoms with Gasteiger partial charge in [0.05, 0.1) is 12.5 Å². The SMILES string of the molecule is Cc1noc(CC(NC(=O)N2CCC(N3CCc4cc(F)ccc43)CC2)c2ccccc2)n1. The summed E-state index contributed by atoms with van der Waals surface area (Å²) < 4.78 is 18.8. The Labute approximate surface area is 192 Å². The molecule has 0 bridgehead atoms. The first-order chi connectivity index (χ1) is 16.1. The molecule has 1 aromatic heterocycles. The third-order valence-electron chi connectivity index (χ3n) is 6.61. The minimum absolute atomic E-state index is 0.0811. The lowest BCUT2D eigenvalue weighted by Gasteiger charge is -2.38. The van der Waals surface area contributed by atoms with Crippen LogP contribution in [0.2, 0.25) is 0 Å². The zero-order valence-corrected chi connectivity index (χ0v) is 18.7. The average Bonchev–Trinajstić information content (AvgIpc) is 3.44. The molecule has 5 rings (SSSR count). The summed E-state index contributed by atoms with van der Waals surface area (Å²) >= 11 is 0. The Morgan fingerprint density at radius 3 is 2.70 bits per heavy atom. The van der Waals surface area contributed by atoms with Crippen molar-refractivity contribution < 1.29 is 13.7 Å². The van der Waals surface area contributed by atoms with Gasteiger partial charge in [-0.15, -0.1) is 0 Å². The number of rotatable bonds is 5. The maximum absolute atomic E-state index is 13.6. The molecule has 0 aliphatic carbocycles. The lowest BCUT2D eigenvalue weighted by Crippen LogP contribution is -2.50. The highest BCUT2D eigenvalue weighted by Crippen LogP contribution is 2.33. The van der Waals surface area contributed by atoms with Crippen LogP contribution in [0, 0.1) is 12.7 Å². The van der Waals surface area contributed by atoms with E-state index in [0.29, 0.717) is 37.3 Å². The predicted octanol–water partition coefficient (Wildman–Crippen LogP) is 4.04. The second-order valence-electron chi connectivity index (χ2n) is 8.79. The van der Waals surface area contributed by atoms with E-state index in [1.807, 2.05) is 41.3 Å². The van der Waals surface area contributed by atoms with Gasteiger partial charge < -0.3 is 19.6 Å². The Morgan fingerprint density at radius 2 is 1.97 bits per heavy atom. The average molecular weight is 450 g/mol. The first-order valence-electron chi connectivity index (χ1n) is 11.5. The Kier molecular flexibility index (Phi) is 5.98. The number of amides is 2. The smallest absolute Gasteiger partial charge is 0.317 e. The monoisotopic (exact) mass is 449 g/mol. The number of nitrogens with one attached hydrogen (secondary N) is 1. The molecule has 1 fully saturated rings. The van der Waals surface area contributed by atoms with Crippen LogP contribution in [0.25, 0.3) is 0 Å². The van der Waals surface area contributed by atoms with Crippen molar-refractivity contribution in [3.05, 3.63) is 77.2 Å². The molecule has 33 heavy (non-hydrogen) atoms. The van der Waals surface area contributed by atoms with Gasteiger partial charge in [-0.3, -0.25) is 0 Å². The van der Waals surface area contributed by atoms with E-state index in [2.05, 4.69) is 20.4 Å². The quantitative estimate of drug-likeness (QED) is 0.636. The third-order valence-corrected chi connectivity index (χ3v) is 6.61. The molecule has 2 aliphatic heterocycles. The van der Waals surface area contributed by atoms with Crippen LogP contribution in [0.15, 0.2) is 53.1 Å². The first kappa shape index (κ1) is 21.4. The molecule has 0 radical (unpaired) electrons. The van der Waals surface area contributed by atoms with Crippen molar-refractivity contribution in [1.82, 2.24) is 20.4 Å². The van der Waals surface area contributed by atoms with E-state index in [4.69, 9.17) is 4.52 Å². The van der Waals surface area contributed by atoms with Crippen molar-refractivity contribution >= 4 is 11.7 Å². The van der Waals surface area contributed by atoms with E-state index in [0.717, 1.165) is 42.6 Å². The molecule has 8 heteroatoms. The molecule has 1 N–H and O–H groups in total. The minimum atomic E-state index is -0.253. The summed E-state index contributed by atoms with van der Waals surface area (Å²) in [5, 5.41) is 7.04. The summed E-state index contributed by atoms with van der Waals surface area (Å²) in [6.07, 6.45) is 3.10. The van der Waals surface area contributed by atoms with Crippen LogP contribution in [-0.4, -0.2) is 46.7 Å². The van der Waals surface area contributed by atoms with Crippen molar-refractivity contribution in [3.63, 3.8) is 0 Å². The van der Waals surface area contributed by atoms with Gasteiger partial charge in [0.1, 0.15) is 5.82 Å². The number of benzene rings is 2. The molecule has 0 spiro atoms. The molecule has 1 unspecified atom stereocenters. The van der Waals surface area contributed by atoms with E-state index in [-0.39, 0.29) is 17.9 Å². The van der Waals surface area contributed by atoms with Gasteiger partial charge in [-0.1, -0.05) is 35.5 Å². The molecule has 3 heterocycles. The van der Waals surface area contributed by atoms with Gasteiger partial charge in [0.25, 0.3) is 0 Å². The second-order valence-corrected chi connectivity index (χ2v) is 8.79. The normalized spacial score (nSPS) is 17.2. The minimum Gasteiger partial charge on any atom is -0.368 e. The van der Waals surface area contributed by atoms with Crippen molar-refractivity contribution in [2.24, 2.45) is 0 Å². The number of carbonyl (C=O) groups is 1. The molecule has 7 nitrogen and oxygen atoms in total. The molecule has 3 aromatic rings. The van der Waals surface area contributed by atoms with Crippen molar-refractivity contribution in [1.29, 1.82) is 0 Å². The number of aryl methyl sites for hydroxylation is 1. The summed E-state index contributed by atoms with van der Waals surface area (Å²) in [6, 6.07) is 15.0. The van der Waals surface area contributed by atoms with Gasteiger partial charge in [-0.05, 0) is 55.5 Å². The van der Waals surface area contributed by atoms with Crippen LogP contribution in [0.3, 0.4) is 0 Å². The molecule has 2 amide bonds. The highest BCUT2D eigenvalue weighted by Gasteiger charge is 2.31. The Morgan fingerprint density at radius 1 is 1.18 bits per heavy atom. The number of urea groups is 1. The number of carbonyl (C=O) groups excluding carboxylic acids is 1. The van der Waals surface area contributed by atoms with E-state index < -0.39 is 0 Å². The molecular formula is C25H28FN5O2. The van der Waals surface area contributed by atoms with Crippen LogP contribution in [0.4, 0.5) is 14.9 Å². The summed E-state index contributed by atoms with van der Waals surface area (Å²) in [5.74, 6) is 0.909. The zero-order valence-electron chi connectivity index (χ0n) is 18.7. The molecule has 0 saturated carbocycles. The van der Waals surface area contributed by atoms with E-state index >= 15 is 0 Å². The van der Waals surface area contributed by atoms with Gasteiger partial charge >= 0.3 is 6.03 Å². The Balaban J connectivity index is 1.22. The van der Waals surface area contributed by atoms with Gasteiger partial charge in [0.15, 0.2) is 5.82 Å². The first-order valence-corrected chi connectivity index (χ1v) is 11.5. The van der Waals surface area contributed by atoms with E-state index in [1.54, 1.807) is 13.0 Å². The molecular weight excluding hydrogens is 421 g/mol. The maximum atomic E-state index is 13.6. The van der Waals surface area contributed by atoms with Crippen molar-refractivity contribution in [2.75, 3.05) is 24.5 Å². The fraction of sp³-hybridized carbons (Fsp3) is 0.400. The van der Waals surface area contributed by atoms with Gasteiger partial charge in [-0.2, -0.15) is 4.98 Å². The zero-order chi connectivity index (χ0) is 22.8. The van der Waals surface area contributed by atoms with E-state index in [9.17, 15) is 9.18 Å². The molecule has 2 aliphatic rings. The highest BCUT2D eigenvalue weighted by atomic mass is 19.1. The van der Waals surface area contributed by atoms with Crippen molar-refractivity contribution in [2.45, 2.75) is 44.7 Å². The number of fused-ring (bicyclic) bond motifs is 1.